The molecule has 9 nitrogen and oxygen atoms in total. The number of nitrogens with zero attached hydrogens (tertiary/aromatic N) is 8. The fourth-order valence-electron chi connectivity index (χ4n) is 5.85. The van der Waals surface area contributed by atoms with Gasteiger partial charge in [-0.15, -0.1) is 0 Å². The number of aryl methyl sites for hydroxylation is 3. The summed E-state index contributed by atoms with van der Waals surface area (Å²) in [6.45, 7) is 3.42. The topological polar surface area (TPSA) is 129 Å². The zero-order chi connectivity index (χ0) is 32.8. The van der Waals surface area contributed by atoms with E-state index in [2.05, 4.69) is 32.2 Å². The average Bonchev–Trinajstić information content (AvgIpc) is 3.70. The van der Waals surface area contributed by atoms with Crippen LogP contribution in [0.4, 0.5) is 13.2 Å². The third kappa shape index (κ3) is 5.05. The minimum Gasteiger partial charge on any atom is -0.374 e. The van der Waals surface area contributed by atoms with Crippen LogP contribution in [0.25, 0.3) is 16.6 Å². The Morgan fingerprint density at radius 3 is 2.28 bits per heavy atom. The Bertz CT molecular complexity index is 2150. The summed E-state index contributed by atoms with van der Waals surface area (Å²) in [5, 5.41) is 37.7. The molecule has 0 aliphatic rings. The number of pyridine rings is 2. The molecule has 0 amide bonds. The van der Waals surface area contributed by atoms with E-state index in [1.165, 1.54) is 12.4 Å². The van der Waals surface area contributed by atoms with Gasteiger partial charge in [-0.1, -0.05) is 24.3 Å². The quantitative estimate of drug-likeness (QED) is 0.250. The summed E-state index contributed by atoms with van der Waals surface area (Å²) in [6, 6.07) is 19.0. The molecule has 12 heteroatoms. The van der Waals surface area contributed by atoms with E-state index in [9.17, 15) is 28.8 Å². The molecule has 0 saturated carbocycles. The zero-order valence-corrected chi connectivity index (χ0v) is 24.9. The van der Waals surface area contributed by atoms with E-state index in [1.807, 2.05) is 36.5 Å². The second kappa shape index (κ2) is 11.3. The molecule has 2 aromatic carbocycles. The lowest BCUT2D eigenvalue weighted by Gasteiger charge is -2.31. The number of hydrogen-bond acceptors (Lipinski definition) is 7. The number of rotatable bonds is 6. The van der Waals surface area contributed by atoms with Gasteiger partial charge in [0.05, 0.1) is 34.5 Å². The minimum atomic E-state index is -4.67. The van der Waals surface area contributed by atoms with E-state index in [4.69, 9.17) is 0 Å². The van der Waals surface area contributed by atoms with Crippen molar-refractivity contribution in [1.82, 2.24) is 29.3 Å². The summed E-state index contributed by atoms with van der Waals surface area (Å²) >= 11 is 0. The first kappa shape index (κ1) is 30.2. The second-order valence-corrected chi connectivity index (χ2v) is 11.0. The van der Waals surface area contributed by atoms with Gasteiger partial charge in [0.25, 0.3) is 0 Å². The van der Waals surface area contributed by atoms with E-state index in [-0.39, 0.29) is 28.8 Å². The molecule has 4 aromatic heterocycles. The van der Waals surface area contributed by atoms with Crippen LogP contribution in [0.15, 0.2) is 79.5 Å². The van der Waals surface area contributed by atoms with Gasteiger partial charge in [-0.25, -0.2) is 14.6 Å². The van der Waals surface area contributed by atoms with Gasteiger partial charge in [-0.3, -0.25) is 4.98 Å². The number of fused-ring (bicyclic) bond motifs is 1. The SMILES string of the molecule is Cc1ncn(C)c1C(O)(c1ccc(C(F)(F)F)nc1)c1cc(C)c2nc(C#N)c(Cc3ccc(-n4cccn4)cc3)c(C#N)c2c1. The predicted molar refractivity (Wildman–Crippen MR) is 162 cm³/mol. The standard InChI is InChI=1S/C34H25F3N8O/c1-20-13-24(33(46,32-21(2)41-19-44(32)3)23-7-10-30(40-18-23)34(35,36)37)15-27-28(16-38)26(29(17-39)43-31(20)27)14-22-5-8-25(9-6-22)45-12-4-11-42-45/h4-13,15,18-19,46H,14H2,1-3H3. The Labute approximate surface area is 261 Å². The smallest absolute Gasteiger partial charge is 0.374 e. The number of hydrogen-bond donors (Lipinski definition) is 1. The Morgan fingerprint density at radius 1 is 0.957 bits per heavy atom. The summed E-state index contributed by atoms with van der Waals surface area (Å²) in [5.74, 6) is 0. The van der Waals surface area contributed by atoms with Crippen molar-refractivity contribution >= 4 is 10.9 Å². The van der Waals surface area contributed by atoms with Gasteiger partial charge in [0.1, 0.15) is 23.5 Å². The predicted octanol–water partition coefficient (Wildman–Crippen LogP) is 5.80. The van der Waals surface area contributed by atoms with Crippen molar-refractivity contribution in [3.05, 3.63) is 136 Å². The minimum absolute atomic E-state index is 0.0727. The van der Waals surface area contributed by atoms with Crippen LogP contribution in [0.1, 0.15) is 56.2 Å². The van der Waals surface area contributed by atoms with Gasteiger partial charge in [0.15, 0.2) is 5.60 Å². The molecule has 6 aromatic rings. The summed E-state index contributed by atoms with van der Waals surface area (Å²) in [7, 11) is 1.67. The highest BCUT2D eigenvalue weighted by Gasteiger charge is 2.40. The molecule has 1 atom stereocenters. The fraction of sp³-hybridized carbons (Fsp3) is 0.176. The third-order valence-electron chi connectivity index (χ3n) is 8.04. The van der Waals surface area contributed by atoms with Crippen molar-refractivity contribution in [2.45, 2.75) is 32.0 Å². The number of benzene rings is 2. The number of halogens is 3. The molecular formula is C34H25F3N8O. The largest absolute Gasteiger partial charge is 0.433 e. The number of aliphatic hydroxyl groups is 1. The molecule has 0 aliphatic carbocycles. The lowest BCUT2D eigenvalue weighted by Crippen LogP contribution is -2.32. The summed E-state index contributed by atoms with van der Waals surface area (Å²) in [5.41, 5.74) is 1.31. The Hall–Kier alpha value is -5.85. The normalized spacial score (nSPS) is 12.9. The zero-order valence-electron chi connectivity index (χ0n) is 24.9. The van der Waals surface area contributed by atoms with E-state index in [0.29, 0.717) is 33.4 Å². The van der Waals surface area contributed by atoms with Gasteiger partial charge >= 0.3 is 6.18 Å². The molecule has 0 aliphatic heterocycles. The first-order chi connectivity index (χ1) is 21.9. The first-order valence-corrected chi connectivity index (χ1v) is 14.1. The van der Waals surface area contributed by atoms with Crippen molar-refractivity contribution < 1.29 is 18.3 Å². The van der Waals surface area contributed by atoms with Crippen molar-refractivity contribution in [1.29, 1.82) is 10.5 Å². The molecule has 4 heterocycles. The monoisotopic (exact) mass is 618 g/mol. The lowest BCUT2D eigenvalue weighted by atomic mass is 9.81. The van der Waals surface area contributed by atoms with Crippen LogP contribution in [-0.4, -0.2) is 34.4 Å². The van der Waals surface area contributed by atoms with E-state index in [1.54, 1.807) is 48.5 Å². The molecule has 1 unspecified atom stereocenters. The van der Waals surface area contributed by atoms with Gasteiger partial charge in [-0.05, 0) is 60.9 Å². The molecule has 46 heavy (non-hydrogen) atoms. The maximum atomic E-state index is 13.4. The highest BCUT2D eigenvalue weighted by molar-refractivity contribution is 5.90. The van der Waals surface area contributed by atoms with Crippen molar-refractivity contribution in [3.8, 4) is 17.8 Å². The summed E-state index contributed by atoms with van der Waals surface area (Å²) in [6.07, 6.45) is 1.55. The van der Waals surface area contributed by atoms with Gasteiger partial charge in [0.2, 0.25) is 0 Å². The van der Waals surface area contributed by atoms with Crippen LogP contribution in [0.3, 0.4) is 0 Å². The Morgan fingerprint density at radius 2 is 1.72 bits per heavy atom. The second-order valence-electron chi connectivity index (χ2n) is 11.0. The number of alkyl halides is 3. The van der Waals surface area contributed by atoms with Crippen LogP contribution >= 0.6 is 0 Å². The number of imidazole rings is 1. The lowest BCUT2D eigenvalue weighted by molar-refractivity contribution is -0.141. The third-order valence-corrected chi connectivity index (χ3v) is 8.04. The van der Waals surface area contributed by atoms with Gasteiger partial charge < -0.3 is 9.67 Å². The molecular weight excluding hydrogens is 593 g/mol. The van der Waals surface area contributed by atoms with Gasteiger partial charge in [0, 0.05) is 48.6 Å². The van der Waals surface area contributed by atoms with Crippen molar-refractivity contribution in [3.63, 3.8) is 0 Å². The maximum Gasteiger partial charge on any atom is 0.433 e. The van der Waals surface area contributed by atoms with E-state index < -0.39 is 17.5 Å². The maximum absolute atomic E-state index is 13.4. The molecule has 0 spiro atoms. The highest BCUT2D eigenvalue weighted by Crippen LogP contribution is 2.41. The van der Waals surface area contributed by atoms with Crippen LogP contribution < -0.4 is 0 Å². The van der Waals surface area contributed by atoms with Crippen LogP contribution in [0.5, 0.6) is 0 Å². The highest BCUT2D eigenvalue weighted by atomic mass is 19.4. The Kier molecular flexibility index (Phi) is 7.39. The molecule has 6 rings (SSSR count). The molecule has 1 N–H and O–H groups in total. The molecule has 0 radical (unpaired) electrons. The average molecular weight is 619 g/mol. The van der Waals surface area contributed by atoms with Gasteiger partial charge in [-0.2, -0.15) is 28.8 Å². The fourth-order valence-corrected chi connectivity index (χ4v) is 5.85. The summed E-state index contributed by atoms with van der Waals surface area (Å²) in [4.78, 5) is 12.6. The van der Waals surface area contributed by atoms with E-state index in [0.717, 1.165) is 23.5 Å². The van der Waals surface area contributed by atoms with Crippen LogP contribution in [0, 0.1) is 36.5 Å². The number of nitriles is 2. The summed E-state index contributed by atoms with van der Waals surface area (Å²) < 4.78 is 43.5. The van der Waals surface area contributed by atoms with Crippen molar-refractivity contribution in [2.75, 3.05) is 0 Å². The van der Waals surface area contributed by atoms with Crippen LogP contribution in [0.2, 0.25) is 0 Å². The first-order valence-electron chi connectivity index (χ1n) is 14.1. The van der Waals surface area contributed by atoms with Crippen molar-refractivity contribution in [2.24, 2.45) is 7.05 Å². The Balaban J connectivity index is 1.55. The molecule has 0 saturated heterocycles. The molecule has 0 fully saturated rings. The van der Waals surface area contributed by atoms with E-state index >= 15 is 0 Å². The number of aromatic nitrogens is 6. The van der Waals surface area contributed by atoms with Crippen LogP contribution in [-0.2, 0) is 25.2 Å². The molecule has 228 valence electrons. The molecule has 0 bridgehead atoms.